The molecule has 1 unspecified atom stereocenters. The van der Waals surface area contributed by atoms with Gasteiger partial charge in [-0.2, -0.15) is 0 Å². The van der Waals surface area contributed by atoms with Crippen LogP contribution in [0.3, 0.4) is 0 Å². The van der Waals surface area contributed by atoms with Crippen LogP contribution in [0.2, 0.25) is 5.02 Å². The largest absolute Gasteiger partial charge is 0.490 e. The summed E-state index contributed by atoms with van der Waals surface area (Å²) in [6.07, 6.45) is 4.06. The Morgan fingerprint density at radius 1 is 0.947 bits per heavy atom. The van der Waals surface area contributed by atoms with Crippen LogP contribution in [0, 0.1) is 5.41 Å². The summed E-state index contributed by atoms with van der Waals surface area (Å²) >= 11 is 7.87. The van der Waals surface area contributed by atoms with Gasteiger partial charge in [-0.15, -0.1) is 11.8 Å². The Bertz CT molecular complexity index is 1350. The highest BCUT2D eigenvalue weighted by molar-refractivity contribution is 7.98. The highest BCUT2D eigenvalue weighted by Crippen LogP contribution is 2.57. The van der Waals surface area contributed by atoms with Crippen molar-refractivity contribution in [3.63, 3.8) is 0 Å². The van der Waals surface area contributed by atoms with E-state index in [2.05, 4.69) is 0 Å². The summed E-state index contributed by atoms with van der Waals surface area (Å²) in [6, 6.07) is 21.2. The molecule has 6 nitrogen and oxygen atoms in total. The number of hydrogen-bond acceptors (Lipinski definition) is 5. The van der Waals surface area contributed by atoms with Crippen molar-refractivity contribution < 1.29 is 19.1 Å². The van der Waals surface area contributed by atoms with Crippen molar-refractivity contribution >= 4 is 40.9 Å². The van der Waals surface area contributed by atoms with Crippen LogP contribution < -0.4 is 14.4 Å². The lowest BCUT2D eigenvalue weighted by atomic mass is 9.62. The first-order valence-corrected chi connectivity index (χ1v) is 14.5. The molecule has 3 aromatic rings. The smallest absolute Gasteiger partial charge is 0.253 e. The Balaban J connectivity index is 1.24. The van der Waals surface area contributed by atoms with Crippen molar-refractivity contribution in [3.8, 4) is 11.5 Å². The minimum absolute atomic E-state index is 0.0465. The topological polar surface area (TPSA) is 59.1 Å². The first-order valence-electron chi connectivity index (χ1n) is 12.9. The second-order valence-electron chi connectivity index (χ2n) is 9.99. The Labute approximate surface area is 231 Å². The van der Waals surface area contributed by atoms with Gasteiger partial charge >= 0.3 is 0 Å². The van der Waals surface area contributed by atoms with Gasteiger partial charge in [0.05, 0.1) is 24.7 Å². The van der Waals surface area contributed by atoms with Crippen LogP contribution in [0.5, 0.6) is 11.5 Å². The SMILES string of the molecule is CSc1ccc(N2C(=O)C3(CCN(C(=O)c4ccc5c(c4)OCCCO5)CC3)C2c2ccc(Cl)cc2)cc1. The van der Waals surface area contributed by atoms with Crippen LogP contribution in [-0.4, -0.2) is 49.3 Å². The zero-order valence-corrected chi connectivity index (χ0v) is 22.8. The quantitative estimate of drug-likeness (QED) is 0.285. The molecule has 0 bridgehead atoms. The van der Waals surface area contributed by atoms with Crippen molar-refractivity contribution in [1.29, 1.82) is 0 Å². The predicted octanol–water partition coefficient (Wildman–Crippen LogP) is 6.23. The van der Waals surface area contributed by atoms with E-state index < -0.39 is 5.41 Å². The van der Waals surface area contributed by atoms with Gasteiger partial charge in [-0.05, 0) is 79.3 Å². The molecule has 1 spiro atoms. The van der Waals surface area contributed by atoms with E-state index in [1.54, 1.807) is 23.9 Å². The fourth-order valence-corrected chi connectivity index (χ4v) is 6.39. The third-order valence-corrected chi connectivity index (χ3v) is 8.90. The molecule has 2 fully saturated rings. The van der Waals surface area contributed by atoms with E-state index in [4.69, 9.17) is 21.1 Å². The Kier molecular flexibility index (Phi) is 6.74. The van der Waals surface area contributed by atoms with E-state index in [1.165, 1.54) is 0 Å². The van der Waals surface area contributed by atoms with E-state index in [-0.39, 0.29) is 17.9 Å². The van der Waals surface area contributed by atoms with E-state index in [0.29, 0.717) is 61.2 Å². The van der Waals surface area contributed by atoms with Crippen LogP contribution in [0.15, 0.2) is 71.6 Å². The lowest BCUT2D eigenvalue weighted by Gasteiger charge is -2.59. The number of likely N-dealkylation sites (tertiary alicyclic amines) is 1. The number of anilines is 1. The van der Waals surface area contributed by atoms with Crippen LogP contribution in [0.25, 0.3) is 0 Å². The number of amides is 2. The number of hydrogen-bond donors (Lipinski definition) is 0. The van der Waals surface area contributed by atoms with Crippen molar-refractivity contribution in [1.82, 2.24) is 4.90 Å². The van der Waals surface area contributed by atoms with E-state index in [9.17, 15) is 9.59 Å². The van der Waals surface area contributed by atoms with Gasteiger partial charge in [-0.25, -0.2) is 0 Å². The van der Waals surface area contributed by atoms with Gasteiger partial charge in [0.15, 0.2) is 11.5 Å². The van der Waals surface area contributed by atoms with E-state index in [0.717, 1.165) is 22.6 Å². The molecular weight excluding hydrogens is 520 g/mol. The molecule has 0 saturated carbocycles. The van der Waals surface area contributed by atoms with Crippen molar-refractivity contribution in [2.75, 3.05) is 37.5 Å². The lowest BCUT2D eigenvalue weighted by molar-refractivity contribution is -0.144. The molecule has 0 N–H and O–H groups in total. The second-order valence-corrected chi connectivity index (χ2v) is 11.3. The first kappa shape index (κ1) is 25.1. The summed E-state index contributed by atoms with van der Waals surface area (Å²) < 4.78 is 11.5. The van der Waals surface area contributed by atoms with Crippen molar-refractivity contribution in [2.45, 2.75) is 30.2 Å². The minimum atomic E-state index is -0.548. The normalized spacial score (nSPS) is 20.2. The maximum absolute atomic E-state index is 13.8. The van der Waals surface area contributed by atoms with Crippen molar-refractivity contribution in [2.24, 2.45) is 5.41 Å². The summed E-state index contributed by atoms with van der Waals surface area (Å²) in [7, 11) is 0. The molecule has 196 valence electrons. The second kappa shape index (κ2) is 10.2. The fourth-order valence-electron chi connectivity index (χ4n) is 5.85. The van der Waals surface area contributed by atoms with Gasteiger partial charge in [0, 0.05) is 40.7 Å². The molecule has 8 heteroatoms. The van der Waals surface area contributed by atoms with Gasteiger partial charge in [-0.1, -0.05) is 23.7 Å². The number of benzene rings is 3. The summed E-state index contributed by atoms with van der Waals surface area (Å²) in [5.74, 6) is 1.36. The number of thioether (sulfide) groups is 1. The van der Waals surface area contributed by atoms with Gasteiger partial charge in [-0.3, -0.25) is 9.59 Å². The number of carbonyl (C=O) groups is 2. The highest BCUT2D eigenvalue weighted by Gasteiger charge is 2.62. The first-order chi connectivity index (χ1) is 18.5. The number of nitrogens with zero attached hydrogens (tertiary/aromatic N) is 2. The number of carbonyl (C=O) groups excluding carboxylic acids is 2. The van der Waals surface area contributed by atoms with Gasteiger partial charge in [0.25, 0.3) is 5.91 Å². The maximum Gasteiger partial charge on any atom is 0.253 e. The van der Waals surface area contributed by atoms with Gasteiger partial charge in [0.1, 0.15) is 0 Å². The third-order valence-electron chi connectivity index (χ3n) is 7.90. The standard InChI is InChI=1S/C30H29ClN2O4S/c1-38-24-10-8-23(9-11-24)33-27(20-3-6-22(31)7-4-20)30(29(33)35)13-15-32(16-14-30)28(34)21-5-12-25-26(19-21)37-18-2-17-36-25/h3-12,19,27H,2,13-18H2,1H3. The van der Waals surface area contributed by atoms with Crippen LogP contribution in [0.4, 0.5) is 5.69 Å². The summed E-state index contributed by atoms with van der Waals surface area (Å²) in [5, 5.41) is 0.667. The number of piperidine rings is 1. The van der Waals surface area contributed by atoms with E-state index >= 15 is 0 Å². The summed E-state index contributed by atoms with van der Waals surface area (Å²) in [5.41, 5.74) is 1.98. The molecule has 2 amide bonds. The van der Waals surface area contributed by atoms with E-state index in [1.807, 2.05) is 70.7 Å². The average Bonchev–Trinajstić information content (AvgIpc) is 3.21. The van der Waals surface area contributed by atoms with Gasteiger partial charge < -0.3 is 19.3 Å². The summed E-state index contributed by atoms with van der Waals surface area (Å²) in [4.78, 5) is 32.2. The van der Waals surface area contributed by atoms with Crippen LogP contribution in [-0.2, 0) is 4.79 Å². The molecular formula is C30H29ClN2O4S. The van der Waals surface area contributed by atoms with Crippen molar-refractivity contribution in [3.05, 3.63) is 82.9 Å². The number of rotatable bonds is 4. The van der Waals surface area contributed by atoms with Crippen LogP contribution in [0.1, 0.15) is 41.2 Å². The zero-order chi connectivity index (χ0) is 26.3. The number of ether oxygens (including phenoxy) is 2. The Hall–Kier alpha value is -3.16. The number of halogens is 1. The molecule has 0 radical (unpaired) electrons. The molecule has 6 rings (SSSR count). The molecule has 2 saturated heterocycles. The molecule has 3 aliphatic heterocycles. The molecule has 0 aliphatic carbocycles. The monoisotopic (exact) mass is 548 g/mol. The molecule has 1 atom stereocenters. The molecule has 38 heavy (non-hydrogen) atoms. The fraction of sp³-hybridized carbons (Fsp3) is 0.333. The molecule has 3 aliphatic rings. The Morgan fingerprint density at radius 3 is 2.32 bits per heavy atom. The summed E-state index contributed by atoms with van der Waals surface area (Å²) in [6.45, 7) is 2.21. The average molecular weight is 549 g/mol. The zero-order valence-electron chi connectivity index (χ0n) is 21.2. The van der Waals surface area contributed by atoms with Gasteiger partial charge in [0.2, 0.25) is 5.91 Å². The number of β-lactam (4-membered cyclic amide) rings is 1. The maximum atomic E-state index is 13.8. The number of fused-ring (bicyclic) bond motifs is 1. The molecule has 3 heterocycles. The lowest BCUT2D eigenvalue weighted by Crippen LogP contribution is -2.67. The molecule has 3 aromatic carbocycles. The highest BCUT2D eigenvalue weighted by atomic mass is 35.5. The predicted molar refractivity (Wildman–Crippen MR) is 150 cm³/mol. The molecule has 0 aromatic heterocycles. The minimum Gasteiger partial charge on any atom is -0.490 e. The Morgan fingerprint density at radius 2 is 1.63 bits per heavy atom. The third kappa shape index (κ3) is 4.31. The van der Waals surface area contributed by atoms with Crippen LogP contribution >= 0.6 is 23.4 Å².